The lowest BCUT2D eigenvalue weighted by Gasteiger charge is -2.25. The summed E-state index contributed by atoms with van der Waals surface area (Å²) in [6.07, 6.45) is 2.31. The maximum Gasteiger partial charge on any atom is 0.203 e. The first-order valence-electron chi connectivity index (χ1n) is 7.19. The van der Waals surface area contributed by atoms with E-state index in [2.05, 4.69) is 10.00 Å². The van der Waals surface area contributed by atoms with Crippen LogP contribution in [0, 0.1) is 4.77 Å². The molecule has 2 aromatic rings. The Hall–Kier alpha value is -0.670. The highest BCUT2D eigenvalue weighted by atomic mass is 35.5. The zero-order valence-electron chi connectivity index (χ0n) is 12.4. The van der Waals surface area contributed by atoms with Crippen molar-refractivity contribution in [1.82, 2.24) is 19.1 Å². The molecule has 0 unspecified atom stereocenters. The van der Waals surface area contributed by atoms with Crippen LogP contribution in [0.1, 0.15) is 13.3 Å². The Balaban J connectivity index is 1.93. The molecule has 3 rings (SSSR count). The van der Waals surface area contributed by atoms with Gasteiger partial charge in [-0.3, -0.25) is 9.30 Å². The van der Waals surface area contributed by atoms with Gasteiger partial charge in [-0.1, -0.05) is 30.1 Å². The summed E-state index contributed by atoms with van der Waals surface area (Å²) in [6.45, 7) is 3.13. The third kappa shape index (κ3) is 3.41. The largest absolute Gasteiger partial charge is 0.281 e. The molecule has 10 heteroatoms. The molecule has 0 N–H and O–H groups in total. The van der Waals surface area contributed by atoms with Crippen LogP contribution in [0.3, 0.4) is 0 Å². The monoisotopic (exact) mass is 394 g/mol. The highest BCUT2D eigenvalue weighted by Crippen LogP contribution is 2.22. The van der Waals surface area contributed by atoms with Crippen molar-refractivity contribution in [3.8, 4) is 0 Å². The molecule has 1 atom stereocenters. The summed E-state index contributed by atoms with van der Waals surface area (Å²) >= 11 is 17.6. The fourth-order valence-electron chi connectivity index (χ4n) is 2.85. The van der Waals surface area contributed by atoms with Gasteiger partial charge >= 0.3 is 0 Å². The molecule has 126 valence electrons. The molecule has 6 nitrogen and oxygen atoms in total. The number of pyridine rings is 1. The molecule has 0 amide bonds. The zero-order valence-corrected chi connectivity index (χ0v) is 15.6. The Bertz CT molecular complexity index is 907. The molecule has 0 spiro atoms. The second kappa shape index (κ2) is 6.33. The van der Waals surface area contributed by atoms with E-state index in [0.717, 1.165) is 0 Å². The van der Waals surface area contributed by atoms with Gasteiger partial charge in [-0.05, 0) is 31.2 Å². The number of hydrogen-bond donors (Lipinski definition) is 0. The van der Waals surface area contributed by atoms with Crippen molar-refractivity contribution in [2.45, 2.75) is 26.1 Å². The number of hydrogen-bond acceptors (Lipinski definition) is 5. The number of halogens is 2. The summed E-state index contributed by atoms with van der Waals surface area (Å²) in [6, 6.07) is 1.61. The number of sulfone groups is 1. The van der Waals surface area contributed by atoms with Crippen LogP contribution in [0.2, 0.25) is 10.0 Å². The quantitative estimate of drug-likeness (QED) is 0.745. The molecule has 0 radical (unpaired) electrons. The lowest BCUT2D eigenvalue weighted by Crippen LogP contribution is -2.37. The van der Waals surface area contributed by atoms with Gasteiger partial charge in [0.2, 0.25) is 4.77 Å². The average Bonchev–Trinajstić information content (AvgIpc) is 2.98. The van der Waals surface area contributed by atoms with Crippen molar-refractivity contribution in [2.75, 3.05) is 18.1 Å². The van der Waals surface area contributed by atoms with Crippen LogP contribution in [0.25, 0.3) is 5.65 Å². The van der Waals surface area contributed by atoms with Crippen LogP contribution in [-0.2, 0) is 16.5 Å². The van der Waals surface area contributed by atoms with E-state index in [9.17, 15) is 8.42 Å². The number of rotatable bonds is 4. The van der Waals surface area contributed by atoms with E-state index in [1.807, 2.05) is 6.92 Å². The van der Waals surface area contributed by atoms with Crippen LogP contribution in [0.5, 0.6) is 0 Å². The topological polar surface area (TPSA) is 59.6 Å². The van der Waals surface area contributed by atoms with Gasteiger partial charge in [0, 0.05) is 12.2 Å². The van der Waals surface area contributed by atoms with Gasteiger partial charge in [0.25, 0.3) is 0 Å². The lowest BCUT2D eigenvalue weighted by molar-refractivity contribution is 0.164. The number of fused-ring (bicyclic) bond motifs is 1. The summed E-state index contributed by atoms with van der Waals surface area (Å²) in [5.41, 5.74) is 0.538. The third-order valence-corrected chi connectivity index (χ3v) is 6.69. The highest BCUT2D eigenvalue weighted by molar-refractivity contribution is 7.91. The molecule has 1 fully saturated rings. The molecular weight excluding hydrogens is 379 g/mol. The highest BCUT2D eigenvalue weighted by Gasteiger charge is 2.32. The van der Waals surface area contributed by atoms with Crippen LogP contribution in [0.15, 0.2) is 12.3 Å². The van der Waals surface area contributed by atoms with Crippen molar-refractivity contribution in [3.63, 3.8) is 0 Å². The summed E-state index contributed by atoms with van der Waals surface area (Å²) in [5.74, 6) is 0.431. The molecule has 3 heterocycles. The minimum atomic E-state index is -2.93. The lowest BCUT2D eigenvalue weighted by atomic mass is 10.2. The maximum absolute atomic E-state index is 11.7. The number of aromatic nitrogens is 3. The first kappa shape index (κ1) is 17.2. The van der Waals surface area contributed by atoms with E-state index < -0.39 is 9.84 Å². The summed E-state index contributed by atoms with van der Waals surface area (Å²) in [7, 11) is -2.93. The Morgan fingerprint density at radius 1 is 1.48 bits per heavy atom. The van der Waals surface area contributed by atoms with Crippen molar-refractivity contribution in [3.05, 3.63) is 27.1 Å². The van der Waals surface area contributed by atoms with Gasteiger partial charge in [0.15, 0.2) is 15.5 Å². The summed E-state index contributed by atoms with van der Waals surface area (Å²) in [4.78, 5) is 2.07. The van der Waals surface area contributed by atoms with E-state index in [1.165, 1.54) is 0 Å². The smallest absolute Gasteiger partial charge is 0.203 e. The molecular formula is C13H16Cl2N4O2S2. The van der Waals surface area contributed by atoms with E-state index in [1.54, 1.807) is 21.3 Å². The second-order valence-corrected chi connectivity index (χ2v) is 9.02. The third-order valence-electron chi connectivity index (χ3n) is 4.05. The normalized spacial score (nSPS) is 20.6. The van der Waals surface area contributed by atoms with Gasteiger partial charge in [-0.2, -0.15) is 0 Å². The minimum absolute atomic E-state index is 0.00391. The molecule has 0 saturated carbocycles. The maximum atomic E-state index is 11.7. The Labute approximate surface area is 149 Å². The van der Waals surface area contributed by atoms with Crippen LogP contribution in [0.4, 0.5) is 0 Å². The second-order valence-electron chi connectivity index (χ2n) is 5.59. The van der Waals surface area contributed by atoms with E-state index in [4.69, 9.17) is 35.4 Å². The van der Waals surface area contributed by atoms with Gasteiger partial charge in [0.1, 0.15) is 0 Å². The van der Waals surface area contributed by atoms with Crippen molar-refractivity contribution < 1.29 is 8.42 Å². The van der Waals surface area contributed by atoms with Crippen molar-refractivity contribution >= 4 is 50.9 Å². The van der Waals surface area contributed by atoms with Gasteiger partial charge in [-0.15, -0.1) is 5.10 Å². The van der Waals surface area contributed by atoms with Crippen LogP contribution >= 0.6 is 35.4 Å². The standard InChI is InChI=1S/C13H16Cl2N4O2S2/c1-2-17(10-3-4-23(20,21)7-10)8-19-13(22)18-6-9(14)5-11(15)12(18)16-19/h5-6,10H,2-4,7-8H2,1H3/t10-/m0/s1. The Morgan fingerprint density at radius 2 is 2.22 bits per heavy atom. The molecule has 23 heavy (non-hydrogen) atoms. The SMILES string of the molecule is CCN(Cn1nc2c(Cl)cc(Cl)cn2c1=S)[C@H]1CCS(=O)(=O)C1. The predicted octanol–water partition coefficient (Wildman–Crippen LogP) is 2.64. The Morgan fingerprint density at radius 3 is 2.83 bits per heavy atom. The fraction of sp³-hybridized carbons (Fsp3) is 0.538. The first-order chi connectivity index (χ1) is 10.8. The first-order valence-corrected chi connectivity index (χ1v) is 10.2. The van der Waals surface area contributed by atoms with E-state index >= 15 is 0 Å². The summed E-state index contributed by atoms with van der Waals surface area (Å²) < 4.78 is 27.2. The molecule has 1 saturated heterocycles. The van der Waals surface area contributed by atoms with E-state index in [-0.39, 0.29) is 17.5 Å². The zero-order chi connectivity index (χ0) is 16.8. The molecule has 0 bridgehead atoms. The molecule has 1 aliphatic heterocycles. The Kier molecular flexibility index (Phi) is 4.72. The molecule has 0 aliphatic carbocycles. The van der Waals surface area contributed by atoms with Crippen molar-refractivity contribution in [1.29, 1.82) is 0 Å². The van der Waals surface area contributed by atoms with Crippen LogP contribution in [-0.4, -0.2) is 51.6 Å². The minimum Gasteiger partial charge on any atom is -0.281 e. The predicted molar refractivity (Wildman–Crippen MR) is 93.5 cm³/mol. The molecule has 2 aromatic heterocycles. The fourth-order valence-corrected chi connectivity index (χ4v) is 5.36. The summed E-state index contributed by atoms with van der Waals surface area (Å²) in [5, 5.41) is 5.35. The number of nitrogens with zero attached hydrogens (tertiary/aromatic N) is 4. The van der Waals surface area contributed by atoms with Gasteiger partial charge < -0.3 is 0 Å². The van der Waals surface area contributed by atoms with Crippen molar-refractivity contribution in [2.24, 2.45) is 0 Å². The van der Waals surface area contributed by atoms with Crippen LogP contribution < -0.4 is 0 Å². The average molecular weight is 395 g/mol. The van der Waals surface area contributed by atoms with E-state index in [0.29, 0.717) is 40.1 Å². The molecule has 0 aromatic carbocycles. The molecule has 1 aliphatic rings. The van der Waals surface area contributed by atoms with Gasteiger partial charge in [-0.25, -0.2) is 13.1 Å². The van der Waals surface area contributed by atoms with Gasteiger partial charge in [0.05, 0.1) is 28.2 Å².